The number of alkyl halides is 3. The molecule has 0 aliphatic rings. The normalized spacial score (nSPS) is 12.1. The molecule has 2 aromatic rings. The summed E-state index contributed by atoms with van der Waals surface area (Å²) in [7, 11) is -5.64. The summed E-state index contributed by atoms with van der Waals surface area (Å²) in [5, 5.41) is 11.1. The monoisotopic (exact) mass is 363 g/mol. The Morgan fingerprint density at radius 3 is 2.17 bits per heavy atom. The van der Waals surface area contributed by atoms with Gasteiger partial charge in [-0.15, -0.1) is 0 Å². The maximum atomic E-state index is 12.5. The maximum absolute atomic E-state index is 12.5. The first-order valence-electron chi connectivity index (χ1n) is 5.95. The van der Waals surface area contributed by atoms with E-state index in [0.717, 1.165) is 17.8 Å². The number of nitrogens with zero attached hydrogens (tertiary/aromatic N) is 1. The van der Waals surface area contributed by atoms with E-state index in [2.05, 4.69) is 0 Å². The summed E-state index contributed by atoms with van der Waals surface area (Å²) >= 11 is 0.952. The molecular weight excluding hydrogens is 355 g/mol. The van der Waals surface area contributed by atoms with Crippen LogP contribution in [0.5, 0.6) is 0 Å². The van der Waals surface area contributed by atoms with Crippen molar-refractivity contribution in [3.8, 4) is 0 Å². The zero-order valence-corrected chi connectivity index (χ0v) is 12.8. The Morgan fingerprint density at radius 1 is 1.04 bits per heavy atom. The summed E-state index contributed by atoms with van der Waals surface area (Å²) < 4.78 is 60.3. The predicted octanol–water partition coefficient (Wildman–Crippen LogP) is 4.04. The van der Waals surface area contributed by atoms with E-state index in [4.69, 9.17) is 0 Å². The SMILES string of the molecule is O=[N+]([O-])c1cc(S(=O)(=O)C(F)(F)F)ccc1Sc1ccccc1. The van der Waals surface area contributed by atoms with Gasteiger partial charge < -0.3 is 0 Å². The van der Waals surface area contributed by atoms with Gasteiger partial charge in [0.2, 0.25) is 0 Å². The van der Waals surface area contributed by atoms with Crippen molar-refractivity contribution in [2.45, 2.75) is 20.2 Å². The lowest BCUT2D eigenvalue weighted by Gasteiger charge is -2.09. The first kappa shape index (κ1) is 17.3. The molecule has 0 unspecified atom stereocenters. The first-order chi connectivity index (χ1) is 10.6. The van der Waals surface area contributed by atoms with Gasteiger partial charge >= 0.3 is 5.51 Å². The number of nitro groups is 1. The Hall–Kier alpha value is -2.07. The zero-order valence-electron chi connectivity index (χ0n) is 11.1. The topological polar surface area (TPSA) is 77.3 Å². The zero-order chi connectivity index (χ0) is 17.3. The first-order valence-corrected chi connectivity index (χ1v) is 8.25. The minimum Gasteiger partial charge on any atom is -0.258 e. The Balaban J connectivity index is 2.50. The van der Waals surface area contributed by atoms with E-state index >= 15 is 0 Å². The molecule has 0 radical (unpaired) electrons. The van der Waals surface area contributed by atoms with Crippen LogP contribution in [0.15, 0.2) is 63.2 Å². The number of hydrogen-bond donors (Lipinski definition) is 0. The van der Waals surface area contributed by atoms with E-state index in [-0.39, 0.29) is 4.90 Å². The second-order valence-corrected chi connectivity index (χ2v) is 7.31. The van der Waals surface area contributed by atoms with Crippen LogP contribution >= 0.6 is 11.8 Å². The smallest absolute Gasteiger partial charge is 0.258 e. The molecule has 5 nitrogen and oxygen atoms in total. The lowest BCUT2D eigenvalue weighted by Crippen LogP contribution is -2.23. The lowest BCUT2D eigenvalue weighted by atomic mass is 10.3. The molecule has 0 spiro atoms. The molecule has 10 heteroatoms. The second-order valence-electron chi connectivity index (χ2n) is 4.25. The van der Waals surface area contributed by atoms with Crippen molar-refractivity contribution >= 4 is 27.3 Å². The van der Waals surface area contributed by atoms with Gasteiger partial charge in [0.05, 0.1) is 14.7 Å². The molecule has 23 heavy (non-hydrogen) atoms. The van der Waals surface area contributed by atoms with E-state index in [1.54, 1.807) is 30.3 Å². The molecule has 0 amide bonds. The van der Waals surface area contributed by atoms with E-state index in [1.165, 1.54) is 0 Å². The summed E-state index contributed by atoms with van der Waals surface area (Å²) in [5.41, 5.74) is -6.22. The molecule has 0 N–H and O–H groups in total. The van der Waals surface area contributed by atoms with Crippen LogP contribution in [0.1, 0.15) is 0 Å². The molecule has 2 rings (SSSR count). The average molecular weight is 363 g/mol. The predicted molar refractivity (Wildman–Crippen MR) is 76.9 cm³/mol. The van der Waals surface area contributed by atoms with Gasteiger partial charge in [0.1, 0.15) is 0 Å². The van der Waals surface area contributed by atoms with Crippen LogP contribution in [0.3, 0.4) is 0 Å². The number of sulfone groups is 1. The molecular formula is C13H8F3NO4S2. The van der Waals surface area contributed by atoms with Crippen LogP contribution in [0, 0.1) is 10.1 Å². The van der Waals surface area contributed by atoms with E-state index in [0.29, 0.717) is 17.0 Å². The standard InChI is InChI=1S/C13H8F3NO4S2/c14-13(15,16)23(20,21)10-6-7-12(11(8-10)17(18)19)22-9-4-2-1-3-5-9/h1-8H. The summed E-state index contributed by atoms with van der Waals surface area (Å²) in [5.74, 6) is 0. The highest BCUT2D eigenvalue weighted by Crippen LogP contribution is 2.38. The molecule has 0 aromatic heterocycles. The second kappa shape index (κ2) is 6.20. The summed E-state index contributed by atoms with van der Waals surface area (Å²) in [6, 6.07) is 10.6. The summed E-state index contributed by atoms with van der Waals surface area (Å²) in [6.45, 7) is 0. The number of halogens is 3. The average Bonchev–Trinajstić information content (AvgIpc) is 2.47. The molecule has 0 heterocycles. The van der Waals surface area contributed by atoms with Gasteiger partial charge in [0.25, 0.3) is 15.5 Å². The van der Waals surface area contributed by atoms with Gasteiger partial charge in [0, 0.05) is 11.0 Å². The van der Waals surface area contributed by atoms with Crippen LogP contribution in [-0.2, 0) is 9.84 Å². The minimum atomic E-state index is -5.64. The van der Waals surface area contributed by atoms with Crippen LogP contribution in [-0.4, -0.2) is 18.8 Å². The molecule has 0 atom stereocenters. The third-order valence-electron chi connectivity index (χ3n) is 2.71. The van der Waals surface area contributed by atoms with Crippen LogP contribution in [0.4, 0.5) is 18.9 Å². The third-order valence-corrected chi connectivity index (χ3v) is 5.27. The van der Waals surface area contributed by atoms with Crippen molar-refractivity contribution in [1.29, 1.82) is 0 Å². The maximum Gasteiger partial charge on any atom is 0.501 e. The molecule has 0 aliphatic heterocycles. The summed E-state index contributed by atoms with van der Waals surface area (Å²) in [6.07, 6.45) is 0. The Bertz CT molecular complexity index is 836. The van der Waals surface area contributed by atoms with Crippen molar-refractivity contribution in [3.05, 3.63) is 58.6 Å². The summed E-state index contributed by atoms with van der Waals surface area (Å²) in [4.78, 5) is 9.65. The Morgan fingerprint density at radius 2 is 1.65 bits per heavy atom. The fraction of sp³-hybridized carbons (Fsp3) is 0.0769. The molecule has 0 saturated carbocycles. The van der Waals surface area contributed by atoms with Crippen LogP contribution in [0.25, 0.3) is 0 Å². The van der Waals surface area contributed by atoms with Gasteiger partial charge in [-0.25, -0.2) is 8.42 Å². The number of rotatable bonds is 4. The van der Waals surface area contributed by atoms with Crippen molar-refractivity contribution in [2.75, 3.05) is 0 Å². The number of benzene rings is 2. The van der Waals surface area contributed by atoms with Crippen LogP contribution in [0.2, 0.25) is 0 Å². The largest absolute Gasteiger partial charge is 0.501 e. The van der Waals surface area contributed by atoms with Gasteiger partial charge in [-0.2, -0.15) is 13.2 Å². The highest BCUT2D eigenvalue weighted by molar-refractivity contribution is 7.99. The van der Waals surface area contributed by atoms with Crippen molar-refractivity contribution in [2.24, 2.45) is 0 Å². The van der Waals surface area contributed by atoms with Crippen molar-refractivity contribution in [3.63, 3.8) is 0 Å². The fourth-order valence-electron chi connectivity index (χ4n) is 1.64. The number of hydrogen-bond acceptors (Lipinski definition) is 5. The minimum absolute atomic E-state index is 0.0438. The molecule has 0 saturated heterocycles. The van der Waals surface area contributed by atoms with Gasteiger partial charge in [-0.3, -0.25) is 10.1 Å². The van der Waals surface area contributed by atoms with Crippen LogP contribution < -0.4 is 0 Å². The van der Waals surface area contributed by atoms with Crippen molar-refractivity contribution < 1.29 is 26.5 Å². The highest BCUT2D eigenvalue weighted by atomic mass is 32.2. The molecule has 0 aliphatic carbocycles. The van der Waals surface area contributed by atoms with Gasteiger partial charge in [-0.05, 0) is 24.3 Å². The highest BCUT2D eigenvalue weighted by Gasteiger charge is 2.47. The third kappa shape index (κ3) is 3.64. The Kier molecular flexibility index (Phi) is 4.66. The van der Waals surface area contributed by atoms with E-state index in [1.807, 2.05) is 0 Å². The van der Waals surface area contributed by atoms with Crippen molar-refractivity contribution in [1.82, 2.24) is 0 Å². The molecule has 2 aromatic carbocycles. The number of nitro benzene ring substituents is 1. The lowest BCUT2D eigenvalue weighted by molar-refractivity contribution is -0.388. The molecule has 122 valence electrons. The van der Waals surface area contributed by atoms with E-state index in [9.17, 15) is 31.7 Å². The van der Waals surface area contributed by atoms with Gasteiger partial charge in [-0.1, -0.05) is 30.0 Å². The molecule has 0 bridgehead atoms. The van der Waals surface area contributed by atoms with E-state index < -0.39 is 30.9 Å². The fourth-order valence-corrected chi connectivity index (χ4v) is 3.34. The van der Waals surface area contributed by atoms with Gasteiger partial charge in [0.15, 0.2) is 0 Å². The quantitative estimate of drug-likeness (QED) is 0.605. The molecule has 0 fully saturated rings. The Labute approximate surface area is 133 Å².